The van der Waals surface area contributed by atoms with E-state index in [1.54, 1.807) is 0 Å². The van der Waals surface area contributed by atoms with E-state index in [1.165, 1.54) is 12.4 Å². The van der Waals surface area contributed by atoms with Gasteiger partial charge in [0.15, 0.2) is 0 Å². The number of nitrogens with zero attached hydrogens (tertiary/aromatic N) is 2. The number of aliphatic hydroxyl groups excluding tert-OH is 1. The summed E-state index contributed by atoms with van der Waals surface area (Å²) in [7, 11) is 0. The molecule has 1 aromatic carbocycles. The summed E-state index contributed by atoms with van der Waals surface area (Å²) in [6.07, 6.45) is 1.37. The molecule has 0 bridgehead atoms. The summed E-state index contributed by atoms with van der Waals surface area (Å²) in [4.78, 5) is 19.7. The predicted octanol–water partition coefficient (Wildman–Crippen LogP) is 0.769. The van der Waals surface area contributed by atoms with Crippen LogP contribution < -0.4 is 10.5 Å². The summed E-state index contributed by atoms with van der Waals surface area (Å²) in [6, 6.07) is 11.3. The zero-order valence-electron chi connectivity index (χ0n) is 9.91. The van der Waals surface area contributed by atoms with Gasteiger partial charge in [0, 0.05) is 19.2 Å². The van der Waals surface area contributed by atoms with Crippen LogP contribution in [0.15, 0.2) is 47.5 Å². The first kappa shape index (κ1) is 12.3. The average molecular weight is 245 g/mol. The van der Waals surface area contributed by atoms with Crippen LogP contribution in [0, 0.1) is 0 Å². The molecule has 0 unspecified atom stereocenters. The van der Waals surface area contributed by atoms with Crippen molar-refractivity contribution < 1.29 is 5.11 Å². The fraction of sp³-hybridized carbons (Fsp3) is 0.231. The standard InChI is InChI=1S/C13H15N3O2/c17-7-6-16(9-11-4-2-1-3-5-11)12-8-13(18)15-10-14-12/h1-5,8,10,17H,6-7,9H2,(H,14,15,18). The number of hydrogen-bond donors (Lipinski definition) is 2. The van der Waals surface area contributed by atoms with Gasteiger partial charge < -0.3 is 15.0 Å². The van der Waals surface area contributed by atoms with Gasteiger partial charge in [0.1, 0.15) is 5.82 Å². The molecule has 0 aliphatic heterocycles. The van der Waals surface area contributed by atoms with Crippen molar-refractivity contribution in [1.29, 1.82) is 0 Å². The van der Waals surface area contributed by atoms with Gasteiger partial charge in [0.05, 0.1) is 12.9 Å². The third kappa shape index (κ3) is 3.18. The Kier molecular flexibility index (Phi) is 4.09. The van der Waals surface area contributed by atoms with Crippen molar-refractivity contribution in [2.75, 3.05) is 18.1 Å². The molecule has 0 radical (unpaired) electrons. The molecular weight excluding hydrogens is 230 g/mol. The van der Waals surface area contributed by atoms with Gasteiger partial charge in [-0.15, -0.1) is 0 Å². The van der Waals surface area contributed by atoms with Crippen LogP contribution in [0.5, 0.6) is 0 Å². The van der Waals surface area contributed by atoms with Gasteiger partial charge in [-0.05, 0) is 5.56 Å². The molecule has 1 aromatic heterocycles. The average Bonchev–Trinajstić information content (AvgIpc) is 2.39. The number of aliphatic hydroxyl groups is 1. The van der Waals surface area contributed by atoms with E-state index in [0.717, 1.165) is 5.56 Å². The Labute approximate surface area is 105 Å². The van der Waals surface area contributed by atoms with Crippen LogP contribution in [0.3, 0.4) is 0 Å². The SMILES string of the molecule is O=c1cc(N(CCO)Cc2ccccc2)nc[nH]1. The van der Waals surface area contributed by atoms with Gasteiger partial charge in [-0.1, -0.05) is 30.3 Å². The number of benzene rings is 1. The molecular formula is C13H15N3O2. The van der Waals surface area contributed by atoms with Crippen molar-refractivity contribution in [3.8, 4) is 0 Å². The first-order valence-electron chi connectivity index (χ1n) is 5.74. The highest BCUT2D eigenvalue weighted by atomic mass is 16.3. The molecule has 2 N–H and O–H groups in total. The van der Waals surface area contributed by atoms with Crippen LogP contribution in [-0.4, -0.2) is 28.2 Å². The molecule has 1 heterocycles. The Morgan fingerprint density at radius 1 is 1.28 bits per heavy atom. The van der Waals surface area contributed by atoms with Gasteiger partial charge >= 0.3 is 0 Å². The highest BCUT2D eigenvalue weighted by Gasteiger charge is 2.08. The second-order valence-corrected chi connectivity index (χ2v) is 3.90. The van der Waals surface area contributed by atoms with Crippen LogP contribution in [0.2, 0.25) is 0 Å². The lowest BCUT2D eigenvalue weighted by Gasteiger charge is -2.22. The topological polar surface area (TPSA) is 69.2 Å². The molecule has 0 spiro atoms. The van der Waals surface area contributed by atoms with E-state index in [4.69, 9.17) is 5.11 Å². The minimum absolute atomic E-state index is 0.0152. The van der Waals surface area contributed by atoms with Crippen LogP contribution in [0.25, 0.3) is 0 Å². The maximum atomic E-state index is 11.3. The van der Waals surface area contributed by atoms with Crippen molar-refractivity contribution >= 4 is 5.82 Å². The largest absolute Gasteiger partial charge is 0.395 e. The van der Waals surface area contributed by atoms with Crippen molar-refractivity contribution in [3.63, 3.8) is 0 Å². The second-order valence-electron chi connectivity index (χ2n) is 3.90. The monoisotopic (exact) mass is 245 g/mol. The van der Waals surface area contributed by atoms with E-state index < -0.39 is 0 Å². The normalized spacial score (nSPS) is 10.3. The number of rotatable bonds is 5. The first-order valence-corrected chi connectivity index (χ1v) is 5.74. The Hall–Kier alpha value is -2.14. The third-order valence-electron chi connectivity index (χ3n) is 2.57. The third-order valence-corrected chi connectivity index (χ3v) is 2.57. The molecule has 0 fully saturated rings. The molecule has 0 amide bonds. The summed E-state index contributed by atoms with van der Waals surface area (Å²) < 4.78 is 0. The van der Waals surface area contributed by atoms with E-state index in [9.17, 15) is 4.79 Å². The lowest BCUT2D eigenvalue weighted by Crippen LogP contribution is -2.28. The number of aromatic amines is 1. The van der Waals surface area contributed by atoms with Gasteiger partial charge in [0.25, 0.3) is 5.56 Å². The Balaban J connectivity index is 2.21. The van der Waals surface area contributed by atoms with Crippen molar-refractivity contribution in [1.82, 2.24) is 9.97 Å². The molecule has 2 rings (SSSR count). The fourth-order valence-electron chi connectivity index (χ4n) is 1.73. The Bertz CT molecular complexity index is 539. The molecule has 0 atom stereocenters. The Morgan fingerprint density at radius 3 is 2.72 bits per heavy atom. The van der Waals surface area contributed by atoms with Gasteiger partial charge in [-0.2, -0.15) is 0 Å². The van der Waals surface area contributed by atoms with E-state index in [2.05, 4.69) is 9.97 Å². The highest BCUT2D eigenvalue weighted by molar-refractivity contribution is 5.37. The molecule has 0 aliphatic carbocycles. The van der Waals surface area contributed by atoms with E-state index in [1.807, 2.05) is 35.2 Å². The fourth-order valence-corrected chi connectivity index (χ4v) is 1.73. The molecule has 94 valence electrons. The number of aromatic nitrogens is 2. The van der Waals surface area contributed by atoms with Crippen LogP contribution in [0.4, 0.5) is 5.82 Å². The number of hydrogen-bond acceptors (Lipinski definition) is 4. The summed E-state index contributed by atoms with van der Waals surface area (Å²) in [5.41, 5.74) is 0.907. The molecule has 0 aliphatic rings. The lowest BCUT2D eigenvalue weighted by atomic mass is 10.2. The zero-order chi connectivity index (χ0) is 12.8. The van der Waals surface area contributed by atoms with Crippen molar-refractivity contribution in [2.24, 2.45) is 0 Å². The van der Waals surface area contributed by atoms with Crippen molar-refractivity contribution in [3.05, 3.63) is 58.6 Å². The van der Waals surface area contributed by atoms with Gasteiger partial charge in [0.2, 0.25) is 0 Å². The summed E-state index contributed by atoms with van der Waals surface area (Å²) in [5, 5.41) is 9.09. The van der Waals surface area contributed by atoms with Crippen LogP contribution >= 0.6 is 0 Å². The number of H-pyrrole nitrogens is 1. The van der Waals surface area contributed by atoms with E-state index >= 15 is 0 Å². The van der Waals surface area contributed by atoms with Crippen LogP contribution in [-0.2, 0) is 6.54 Å². The highest BCUT2D eigenvalue weighted by Crippen LogP contribution is 2.11. The minimum atomic E-state index is -0.198. The van der Waals surface area contributed by atoms with Crippen LogP contribution in [0.1, 0.15) is 5.56 Å². The predicted molar refractivity (Wildman–Crippen MR) is 69.4 cm³/mol. The summed E-state index contributed by atoms with van der Waals surface area (Å²) in [6.45, 7) is 1.06. The minimum Gasteiger partial charge on any atom is -0.395 e. The lowest BCUT2D eigenvalue weighted by molar-refractivity contribution is 0.301. The molecule has 0 saturated heterocycles. The summed E-state index contributed by atoms with van der Waals surface area (Å²) in [5.74, 6) is 0.566. The molecule has 5 heteroatoms. The van der Waals surface area contributed by atoms with Gasteiger partial charge in [-0.3, -0.25) is 4.79 Å². The zero-order valence-corrected chi connectivity index (χ0v) is 9.91. The summed E-state index contributed by atoms with van der Waals surface area (Å²) >= 11 is 0. The number of nitrogens with one attached hydrogen (secondary N) is 1. The van der Waals surface area contributed by atoms with E-state index in [0.29, 0.717) is 18.9 Å². The second kappa shape index (κ2) is 5.97. The number of anilines is 1. The van der Waals surface area contributed by atoms with E-state index in [-0.39, 0.29) is 12.2 Å². The Morgan fingerprint density at radius 2 is 2.06 bits per heavy atom. The van der Waals surface area contributed by atoms with Crippen molar-refractivity contribution in [2.45, 2.75) is 6.54 Å². The maximum Gasteiger partial charge on any atom is 0.252 e. The molecule has 0 saturated carbocycles. The maximum absolute atomic E-state index is 11.3. The van der Waals surface area contributed by atoms with Gasteiger partial charge in [-0.25, -0.2) is 4.98 Å². The smallest absolute Gasteiger partial charge is 0.252 e. The quantitative estimate of drug-likeness (QED) is 0.816. The molecule has 5 nitrogen and oxygen atoms in total. The first-order chi connectivity index (χ1) is 8.79. The molecule has 2 aromatic rings. The molecule has 18 heavy (non-hydrogen) atoms.